The summed E-state index contributed by atoms with van der Waals surface area (Å²) >= 11 is 5.24. The largest absolute Gasteiger partial charge is 0.279 e. The third-order valence-electron chi connectivity index (χ3n) is 1.89. The molecule has 0 unspecified atom stereocenters. The van der Waals surface area contributed by atoms with E-state index >= 15 is 0 Å². The van der Waals surface area contributed by atoms with Gasteiger partial charge in [0, 0.05) is 6.54 Å². The molecular formula is C6H10ClNO3S. The minimum Gasteiger partial charge on any atom is -0.279 e. The molecule has 0 amide bonds. The highest BCUT2D eigenvalue weighted by Gasteiger charge is 2.35. The maximum absolute atomic E-state index is 11.1. The van der Waals surface area contributed by atoms with E-state index in [1.807, 2.05) is 0 Å². The van der Waals surface area contributed by atoms with Crippen LogP contribution < -0.4 is 0 Å². The highest BCUT2D eigenvalue weighted by atomic mass is 35.5. The second-order valence-electron chi connectivity index (χ2n) is 2.84. The Morgan fingerprint density at radius 3 is 2.50 bits per heavy atom. The molecule has 0 N–H and O–H groups in total. The minimum atomic E-state index is -3.27. The second kappa shape index (κ2) is 3.32. The Morgan fingerprint density at radius 2 is 2.17 bits per heavy atom. The summed E-state index contributed by atoms with van der Waals surface area (Å²) in [5.74, 6) is 0. The van der Waals surface area contributed by atoms with Gasteiger partial charge in [0.25, 0.3) is 0 Å². The average molecular weight is 212 g/mol. The fraction of sp³-hybridized carbons (Fsp3) is 0.833. The average Bonchev–Trinajstić information content (AvgIpc) is 2.30. The molecule has 0 aliphatic carbocycles. The number of hydrogen-bond acceptors (Lipinski definition) is 3. The first-order chi connectivity index (χ1) is 5.43. The molecule has 0 aromatic heterocycles. The quantitative estimate of drug-likeness (QED) is 0.613. The van der Waals surface area contributed by atoms with Crippen molar-refractivity contribution in [1.82, 2.24) is 4.31 Å². The number of hydrogen-bond donors (Lipinski definition) is 0. The molecule has 0 aromatic carbocycles. The van der Waals surface area contributed by atoms with Gasteiger partial charge in [-0.15, -0.1) is 0 Å². The summed E-state index contributed by atoms with van der Waals surface area (Å²) in [6.07, 6.45) is 2.33. The molecule has 1 saturated heterocycles. The van der Waals surface area contributed by atoms with Crippen molar-refractivity contribution in [3.8, 4) is 0 Å². The van der Waals surface area contributed by atoms with Crippen LogP contribution in [0.3, 0.4) is 0 Å². The van der Waals surface area contributed by atoms with Gasteiger partial charge in [-0.05, 0) is 24.4 Å². The van der Waals surface area contributed by atoms with Crippen molar-refractivity contribution in [2.45, 2.75) is 18.9 Å². The number of carbonyl (C=O) groups is 1. The van der Waals surface area contributed by atoms with E-state index in [2.05, 4.69) is 0 Å². The molecule has 0 bridgehead atoms. The van der Waals surface area contributed by atoms with Crippen LogP contribution in [0, 0.1) is 0 Å². The molecule has 0 radical (unpaired) electrons. The van der Waals surface area contributed by atoms with E-state index in [4.69, 9.17) is 11.6 Å². The summed E-state index contributed by atoms with van der Waals surface area (Å²) in [5.41, 5.74) is 0. The van der Waals surface area contributed by atoms with Gasteiger partial charge in [0.2, 0.25) is 15.3 Å². The van der Waals surface area contributed by atoms with Crippen LogP contribution in [0.5, 0.6) is 0 Å². The lowest BCUT2D eigenvalue weighted by atomic mass is 10.2. The van der Waals surface area contributed by atoms with Gasteiger partial charge in [0.05, 0.1) is 12.3 Å². The van der Waals surface area contributed by atoms with Crippen LogP contribution in [0.4, 0.5) is 0 Å². The van der Waals surface area contributed by atoms with Gasteiger partial charge in [-0.25, -0.2) is 8.42 Å². The van der Waals surface area contributed by atoms with Crippen LogP contribution in [0.15, 0.2) is 0 Å². The number of rotatable bonds is 2. The monoisotopic (exact) mass is 211 g/mol. The lowest BCUT2D eigenvalue weighted by Crippen LogP contribution is -2.37. The molecule has 70 valence electrons. The highest BCUT2D eigenvalue weighted by Crippen LogP contribution is 2.21. The Balaban J connectivity index is 2.85. The summed E-state index contributed by atoms with van der Waals surface area (Å²) in [6, 6.07) is -0.637. The fourth-order valence-corrected chi connectivity index (χ4v) is 2.77. The van der Waals surface area contributed by atoms with Crippen molar-refractivity contribution in [2.75, 3.05) is 12.8 Å². The molecule has 12 heavy (non-hydrogen) atoms. The van der Waals surface area contributed by atoms with Gasteiger partial charge in [-0.2, -0.15) is 4.31 Å². The summed E-state index contributed by atoms with van der Waals surface area (Å²) in [5, 5.41) is -0.585. The zero-order valence-corrected chi connectivity index (χ0v) is 8.23. The van der Waals surface area contributed by atoms with E-state index in [1.54, 1.807) is 0 Å². The lowest BCUT2D eigenvalue weighted by molar-refractivity contribution is -0.114. The van der Waals surface area contributed by atoms with Gasteiger partial charge < -0.3 is 0 Å². The molecule has 0 spiro atoms. The number of halogens is 1. The van der Waals surface area contributed by atoms with Crippen LogP contribution in [0.25, 0.3) is 0 Å². The topological polar surface area (TPSA) is 54.5 Å². The third kappa shape index (κ3) is 1.97. The number of sulfonamides is 1. The van der Waals surface area contributed by atoms with Gasteiger partial charge >= 0.3 is 0 Å². The lowest BCUT2D eigenvalue weighted by Gasteiger charge is -2.17. The fourth-order valence-electron chi connectivity index (χ4n) is 1.36. The van der Waals surface area contributed by atoms with E-state index < -0.39 is 21.3 Å². The number of carbonyl (C=O) groups excluding carboxylic acids is 1. The first-order valence-corrected chi connectivity index (χ1v) is 5.81. The Hall–Kier alpha value is -0.130. The Labute approximate surface area is 76.5 Å². The normalized spacial score (nSPS) is 26.0. The molecule has 1 rings (SSSR count). The minimum absolute atomic E-state index is 0.405. The van der Waals surface area contributed by atoms with Gasteiger partial charge in [0.1, 0.15) is 0 Å². The molecule has 1 fully saturated rings. The van der Waals surface area contributed by atoms with E-state index in [1.165, 1.54) is 0 Å². The van der Waals surface area contributed by atoms with E-state index in [9.17, 15) is 13.2 Å². The van der Waals surface area contributed by atoms with Crippen LogP contribution >= 0.6 is 11.6 Å². The highest BCUT2D eigenvalue weighted by molar-refractivity contribution is 7.88. The zero-order valence-electron chi connectivity index (χ0n) is 6.66. The SMILES string of the molecule is CS(=O)(=O)N1CCC[C@@H]1C(=O)Cl. The molecule has 0 saturated carbocycles. The summed E-state index contributed by atoms with van der Waals surface area (Å²) < 4.78 is 23.3. The van der Waals surface area contributed by atoms with E-state index in [0.717, 1.165) is 10.6 Å². The van der Waals surface area contributed by atoms with Gasteiger partial charge in [-0.3, -0.25) is 4.79 Å². The molecule has 1 aliphatic heterocycles. The zero-order chi connectivity index (χ0) is 9.35. The predicted molar refractivity (Wildman–Crippen MR) is 45.4 cm³/mol. The molecule has 0 aromatic rings. The van der Waals surface area contributed by atoms with Crippen molar-refractivity contribution in [3.63, 3.8) is 0 Å². The molecule has 1 heterocycles. The molecule has 1 atom stereocenters. The first-order valence-electron chi connectivity index (χ1n) is 3.59. The van der Waals surface area contributed by atoms with Gasteiger partial charge in [-0.1, -0.05) is 0 Å². The second-order valence-corrected chi connectivity index (χ2v) is 5.14. The first kappa shape index (κ1) is 9.95. The third-order valence-corrected chi connectivity index (χ3v) is 3.43. The van der Waals surface area contributed by atoms with Crippen LogP contribution in [0.1, 0.15) is 12.8 Å². The molecule has 4 nitrogen and oxygen atoms in total. The van der Waals surface area contributed by atoms with Gasteiger partial charge in [0.15, 0.2) is 0 Å². The summed E-state index contributed by atoms with van der Waals surface area (Å²) in [4.78, 5) is 10.8. The van der Waals surface area contributed by atoms with Crippen LogP contribution in [-0.2, 0) is 14.8 Å². The Kier molecular flexibility index (Phi) is 2.75. The predicted octanol–water partition coefficient (Wildman–Crippen LogP) is 0.176. The maximum Gasteiger partial charge on any atom is 0.239 e. The van der Waals surface area contributed by atoms with E-state index in [0.29, 0.717) is 19.4 Å². The molecule has 6 heteroatoms. The Morgan fingerprint density at radius 1 is 1.58 bits per heavy atom. The summed E-state index contributed by atoms with van der Waals surface area (Å²) in [7, 11) is -3.27. The Bertz CT molecular complexity index is 287. The van der Waals surface area contributed by atoms with Crippen molar-refractivity contribution < 1.29 is 13.2 Å². The smallest absolute Gasteiger partial charge is 0.239 e. The van der Waals surface area contributed by atoms with E-state index in [-0.39, 0.29) is 0 Å². The standard InChI is InChI=1S/C6H10ClNO3S/c1-12(10,11)8-4-2-3-5(8)6(7)9/h5H,2-4H2,1H3/t5-/m1/s1. The molecular weight excluding hydrogens is 202 g/mol. The molecule has 1 aliphatic rings. The maximum atomic E-state index is 11.1. The van der Waals surface area contributed by atoms with Crippen molar-refractivity contribution >= 4 is 26.9 Å². The van der Waals surface area contributed by atoms with Crippen molar-refractivity contribution in [1.29, 1.82) is 0 Å². The van der Waals surface area contributed by atoms with Crippen molar-refractivity contribution in [3.05, 3.63) is 0 Å². The number of nitrogens with zero attached hydrogens (tertiary/aromatic N) is 1. The summed E-state index contributed by atoms with van der Waals surface area (Å²) in [6.45, 7) is 0.405. The van der Waals surface area contributed by atoms with Crippen molar-refractivity contribution in [2.24, 2.45) is 0 Å². The van der Waals surface area contributed by atoms with Crippen LogP contribution in [0.2, 0.25) is 0 Å². The van der Waals surface area contributed by atoms with Crippen LogP contribution in [-0.4, -0.2) is 36.8 Å².